The number of benzene rings is 4. The molecule has 4 aromatic carbocycles. The molecule has 8 amide bonds. The van der Waals surface area contributed by atoms with Crippen LogP contribution in [0.15, 0.2) is 94.9 Å². The predicted octanol–water partition coefficient (Wildman–Crippen LogP) is 13.8. The second kappa shape index (κ2) is 34.1. The number of unbranched alkanes of at least 4 members (excludes halogenated alkanes) is 6. The Bertz CT molecular complexity index is 4900. The Morgan fingerprint density at radius 1 is 0.523 bits per heavy atom. The molecule has 4 aromatic heterocycles. The fourth-order valence-corrected chi connectivity index (χ4v) is 16.3. The number of thiophene rings is 2. The number of carboxylic acids is 1. The van der Waals surface area contributed by atoms with Crippen LogP contribution < -0.4 is 20.1 Å². The van der Waals surface area contributed by atoms with Gasteiger partial charge in [-0.2, -0.15) is 0 Å². The van der Waals surface area contributed by atoms with Crippen LogP contribution in [0.25, 0.3) is 10.0 Å². The summed E-state index contributed by atoms with van der Waals surface area (Å²) < 4.78 is 15.6. The van der Waals surface area contributed by atoms with Gasteiger partial charge < -0.3 is 14.6 Å². The number of nitrogens with one attached hydrogen (secondary N) is 2. The summed E-state index contributed by atoms with van der Waals surface area (Å²) in [6, 6.07) is 21.7. The molecule has 0 aliphatic carbocycles. The van der Waals surface area contributed by atoms with Gasteiger partial charge in [-0.3, -0.25) is 87.5 Å². The van der Waals surface area contributed by atoms with E-state index >= 15 is 0 Å². The molecule has 2 unspecified atom stereocenters. The van der Waals surface area contributed by atoms with E-state index in [-0.39, 0.29) is 81.4 Å². The van der Waals surface area contributed by atoms with Gasteiger partial charge in [0.2, 0.25) is 23.6 Å². The van der Waals surface area contributed by atoms with E-state index in [4.69, 9.17) is 42.7 Å². The number of hydrogen-bond donors (Lipinski definition) is 3. The SMILES string of the molecule is C.C.CCCCCOc1cccc2c1C(=O)N(C1CCC(=O)NC1=O)C2=O.Cc1sc2c(c1C)C(c1ccc(Cl)cc1)=N[C@@H](CC(=O)CCCCCCCOc1cccc3c1C(=O)N(C1CCC(=O)NC1=O)C3=O)c1nnc(C)n1-2.Cc1sc2c(c1C)C(c1ccc(Cl)cc1)=N[C@@H](CC(=O)O)c1nnc(C)n1-2. The number of hydrogen-bond acceptors (Lipinski definition) is 20. The number of rotatable bonds is 22. The van der Waals surface area contributed by atoms with Crippen molar-refractivity contribution in [2.24, 2.45) is 9.98 Å². The minimum Gasteiger partial charge on any atom is -0.493 e. The average molecular weight is 1530 g/mol. The highest BCUT2D eigenvalue weighted by Gasteiger charge is 2.48. The number of carboxylic acid groups (broad SMARTS) is 1. The fraction of sp³-hybridized carbons (Fsp3) is 0.385. The van der Waals surface area contributed by atoms with Crippen LogP contribution in [0.4, 0.5) is 0 Å². The smallest absolute Gasteiger partial charge is 0.306 e. The maximum Gasteiger partial charge on any atom is 0.306 e. The number of carbonyl (C=O) groups is 10. The highest BCUT2D eigenvalue weighted by Crippen LogP contribution is 2.43. The molecule has 0 spiro atoms. The maximum atomic E-state index is 13.4. The highest BCUT2D eigenvalue weighted by molar-refractivity contribution is 7.15. The summed E-state index contributed by atoms with van der Waals surface area (Å²) in [4.78, 5) is 138. The number of carbonyl (C=O) groups excluding carboxylic acids is 9. The van der Waals surface area contributed by atoms with Gasteiger partial charge in [0.25, 0.3) is 23.6 Å². The van der Waals surface area contributed by atoms with Crippen LogP contribution in [0.5, 0.6) is 11.5 Å². The number of halogens is 2. The summed E-state index contributed by atoms with van der Waals surface area (Å²) >= 11 is 15.6. The van der Waals surface area contributed by atoms with Crippen molar-refractivity contribution < 1.29 is 62.5 Å². The zero-order chi connectivity index (χ0) is 74.7. The minimum atomic E-state index is -1.03. The van der Waals surface area contributed by atoms with E-state index in [1.807, 2.05) is 66.9 Å². The lowest BCUT2D eigenvalue weighted by Crippen LogP contribution is -2.54. The molecule has 0 saturated carbocycles. The van der Waals surface area contributed by atoms with Crippen molar-refractivity contribution in [1.82, 2.24) is 50.0 Å². The molecule has 6 aliphatic heterocycles. The molecular formula is C78H84Cl2N12O13S2. The molecule has 107 heavy (non-hydrogen) atoms. The van der Waals surface area contributed by atoms with Crippen LogP contribution in [-0.2, 0) is 28.8 Å². The van der Waals surface area contributed by atoms with Crippen molar-refractivity contribution >= 4 is 116 Å². The molecule has 4 atom stereocenters. The lowest BCUT2D eigenvalue weighted by molar-refractivity contribution is -0.138. The second-order valence-corrected chi connectivity index (χ2v) is 29.6. The lowest BCUT2D eigenvalue weighted by atomic mass is 9.99. The summed E-state index contributed by atoms with van der Waals surface area (Å²) in [7, 11) is 0. The zero-order valence-electron chi connectivity index (χ0n) is 58.8. The van der Waals surface area contributed by atoms with E-state index in [1.54, 1.807) is 59.1 Å². The predicted molar refractivity (Wildman–Crippen MR) is 406 cm³/mol. The number of Topliss-reactive ketones (excluding diaryl/α,β-unsaturated/α-hetero) is 1. The Hall–Kier alpha value is -10.2. The third-order valence-corrected chi connectivity index (χ3v) is 22.1. The molecule has 2 fully saturated rings. The summed E-state index contributed by atoms with van der Waals surface area (Å²) in [5.74, 6) is -1.74. The molecule has 2 saturated heterocycles. The molecule has 560 valence electrons. The van der Waals surface area contributed by atoms with Gasteiger partial charge in [0.05, 0.1) is 53.3 Å². The second-order valence-electron chi connectivity index (χ2n) is 26.3. The van der Waals surface area contributed by atoms with Gasteiger partial charge in [0.1, 0.15) is 63.1 Å². The van der Waals surface area contributed by atoms with Crippen molar-refractivity contribution in [1.29, 1.82) is 0 Å². The van der Waals surface area contributed by atoms with Gasteiger partial charge in [-0.05, 0) is 133 Å². The third-order valence-electron chi connectivity index (χ3n) is 19.2. The van der Waals surface area contributed by atoms with Crippen molar-refractivity contribution in [3.8, 4) is 21.5 Å². The van der Waals surface area contributed by atoms with Gasteiger partial charge in [-0.1, -0.05) is 113 Å². The van der Waals surface area contributed by atoms with Gasteiger partial charge in [0, 0.05) is 67.7 Å². The maximum absolute atomic E-state index is 13.4. The van der Waals surface area contributed by atoms with Crippen LogP contribution in [0.3, 0.4) is 0 Å². The Morgan fingerprint density at radius 3 is 1.36 bits per heavy atom. The summed E-state index contributed by atoms with van der Waals surface area (Å²) in [5.41, 5.74) is 8.49. The Morgan fingerprint density at radius 2 is 0.935 bits per heavy atom. The van der Waals surface area contributed by atoms with Crippen LogP contribution >= 0.6 is 45.9 Å². The van der Waals surface area contributed by atoms with Crippen molar-refractivity contribution in [2.75, 3.05) is 13.2 Å². The molecule has 8 aromatic rings. The number of amides is 8. The fourth-order valence-electron chi connectivity index (χ4n) is 13.6. The van der Waals surface area contributed by atoms with Gasteiger partial charge in [-0.15, -0.1) is 43.1 Å². The molecule has 29 heteroatoms. The summed E-state index contributed by atoms with van der Waals surface area (Å²) in [6.45, 7) is 15.0. The van der Waals surface area contributed by atoms with Crippen molar-refractivity contribution in [3.63, 3.8) is 0 Å². The van der Waals surface area contributed by atoms with E-state index in [1.165, 1.54) is 9.75 Å². The highest BCUT2D eigenvalue weighted by atomic mass is 35.5. The first-order valence-electron chi connectivity index (χ1n) is 34.8. The van der Waals surface area contributed by atoms with E-state index in [9.17, 15) is 53.1 Å². The Kier molecular flexibility index (Phi) is 25.3. The molecule has 14 rings (SSSR count). The molecule has 0 bridgehead atoms. The van der Waals surface area contributed by atoms with Crippen molar-refractivity contribution in [3.05, 3.63) is 184 Å². The van der Waals surface area contributed by atoms with E-state index in [0.717, 1.165) is 128 Å². The number of aromatic nitrogens is 6. The standard InChI is InChI=1S/C39H39ClN6O6S.C19H17ClN4O2S.C18H20N2O5.2CH4/c1-21-22(2)53-39-32(21)34(24-13-15-25(40)16-14-24)41-28(35-44-43-23(3)45(35)39)20-26(47)10-7-5-4-6-8-19-52-30-12-9-11-27-33(30)38(51)46(37(27)50)29-17-18-31(48)42-36(29)49;1-9-10(2)27-19-16(9)17(12-4-6-13(20)7-5-12)21-14(8-15(25)26)18-23-22-11(3)24(18)19;1-2-3-4-10-25-13-7-5-6-11-15(13)18(24)20(17(11)23)12-8-9-14(21)19-16(12)22;;/h9,11-16,28-29H,4-8,10,17-20H2,1-3H3,(H,42,48,49);4-7,14H,8H2,1-3H3,(H,25,26);5-7,12H,2-4,8-10H2,1H3,(H,19,21,22);2*1H4/t28-,29?;14-;;;/m00.../s1. The number of piperidine rings is 2. The Balaban J connectivity index is 0.000000189. The minimum absolute atomic E-state index is 0. The van der Waals surface area contributed by atoms with Crippen molar-refractivity contribution in [2.45, 2.75) is 184 Å². The topological polar surface area (TPSA) is 326 Å². The van der Waals surface area contributed by atoms with Crippen LogP contribution in [0.2, 0.25) is 10.0 Å². The van der Waals surface area contributed by atoms with E-state index < -0.39 is 77.4 Å². The first kappa shape index (κ1) is 79.3. The first-order valence-corrected chi connectivity index (χ1v) is 37.2. The monoisotopic (exact) mass is 1530 g/mol. The van der Waals surface area contributed by atoms with E-state index in [2.05, 4.69) is 70.2 Å². The quantitative estimate of drug-likeness (QED) is 0.0419. The number of imide groups is 4. The molecule has 6 aliphatic rings. The number of fused-ring (bicyclic) bond motifs is 8. The zero-order valence-corrected chi connectivity index (χ0v) is 61.9. The summed E-state index contributed by atoms with van der Waals surface area (Å²) in [6.07, 6.45) is 7.93. The number of nitrogens with zero attached hydrogens (tertiary/aromatic N) is 10. The van der Waals surface area contributed by atoms with Gasteiger partial charge in [0.15, 0.2) is 11.6 Å². The third kappa shape index (κ3) is 16.4. The molecule has 3 N–H and O–H groups in total. The van der Waals surface area contributed by atoms with Crippen LogP contribution in [0, 0.1) is 41.5 Å². The number of ether oxygens (including phenoxy) is 2. The number of aryl methyl sites for hydroxylation is 4. The van der Waals surface area contributed by atoms with Gasteiger partial charge >= 0.3 is 5.97 Å². The molecular weight excluding hydrogens is 1450 g/mol. The van der Waals surface area contributed by atoms with Crippen LogP contribution in [-0.4, -0.2) is 140 Å². The number of aliphatic imine (C=N–C) groups is 2. The Labute approximate surface area is 637 Å². The van der Waals surface area contributed by atoms with E-state index in [0.29, 0.717) is 52.8 Å². The molecule has 25 nitrogen and oxygen atoms in total. The normalized spacial score (nSPS) is 17.5. The number of aliphatic carboxylic acids is 1. The first-order chi connectivity index (χ1) is 50.4. The largest absolute Gasteiger partial charge is 0.493 e. The van der Waals surface area contributed by atoms with Crippen LogP contribution in [0.1, 0.15) is 238 Å². The average Bonchev–Trinajstić information content (AvgIpc) is 1.61. The molecule has 10 heterocycles. The number of ketones is 1. The van der Waals surface area contributed by atoms with Gasteiger partial charge in [-0.25, -0.2) is 0 Å². The lowest BCUT2D eigenvalue weighted by Gasteiger charge is -2.27. The molecule has 0 radical (unpaired) electrons. The summed E-state index contributed by atoms with van der Waals surface area (Å²) in [5, 5.41) is 34.4.